The van der Waals surface area contributed by atoms with Crippen LogP contribution in [0, 0.1) is 0 Å². The van der Waals surface area contributed by atoms with Crippen LogP contribution in [0.5, 0.6) is 5.75 Å². The van der Waals surface area contributed by atoms with Gasteiger partial charge >= 0.3 is 5.97 Å². The molecule has 0 bridgehead atoms. The van der Waals surface area contributed by atoms with Gasteiger partial charge < -0.3 is 9.47 Å². The molecule has 7 heteroatoms. The third-order valence-corrected chi connectivity index (χ3v) is 5.57. The summed E-state index contributed by atoms with van der Waals surface area (Å²) in [5.41, 5.74) is 1.16. The number of rotatable bonds is 5. The van der Waals surface area contributed by atoms with E-state index in [1.807, 2.05) is 0 Å². The Kier molecular flexibility index (Phi) is 5.09. The molecule has 138 valence electrons. The second-order valence-corrected chi connectivity index (χ2v) is 7.05. The smallest absolute Gasteiger partial charge is 0.348 e. The predicted octanol–water partition coefficient (Wildman–Crippen LogP) is 4.29. The number of esters is 1. The average molecular weight is 380 g/mol. The van der Waals surface area contributed by atoms with Crippen molar-refractivity contribution in [2.45, 2.75) is 32.1 Å². The lowest BCUT2D eigenvalue weighted by Gasteiger charge is -2.23. The van der Waals surface area contributed by atoms with Crippen molar-refractivity contribution in [3.8, 4) is 5.75 Å². The van der Waals surface area contributed by atoms with Crippen molar-refractivity contribution >= 4 is 23.1 Å². The molecule has 0 saturated heterocycles. The van der Waals surface area contributed by atoms with Gasteiger partial charge in [0.05, 0.1) is 18.6 Å². The van der Waals surface area contributed by atoms with Crippen LogP contribution in [0.4, 0.5) is 8.78 Å². The summed E-state index contributed by atoms with van der Waals surface area (Å²) >= 11 is 0.948. The number of hydrogen-bond donors (Lipinski definition) is 0. The van der Waals surface area contributed by atoms with Crippen LogP contribution < -0.4 is 4.74 Å². The van der Waals surface area contributed by atoms with Gasteiger partial charge in [0.25, 0.3) is 5.92 Å². The van der Waals surface area contributed by atoms with Crippen LogP contribution in [0.3, 0.4) is 0 Å². The van der Waals surface area contributed by atoms with Crippen molar-refractivity contribution in [3.05, 3.63) is 50.7 Å². The maximum absolute atomic E-state index is 13.9. The van der Waals surface area contributed by atoms with E-state index in [4.69, 9.17) is 9.47 Å². The Hall–Kier alpha value is -2.28. The summed E-state index contributed by atoms with van der Waals surface area (Å²) in [6.45, 7) is 1.86. The molecule has 1 aromatic heterocycles. The van der Waals surface area contributed by atoms with E-state index in [9.17, 15) is 18.4 Å². The summed E-state index contributed by atoms with van der Waals surface area (Å²) in [6.07, 6.45) is -0.808. The van der Waals surface area contributed by atoms with Crippen molar-refractivity contribution in [2.24, 2.45) is 0 Å². The number of carbonyl (C=O) groups is 2. The van der Waals surface area contributed by atoms with E-state index in [2.05, 4.69) is 0 Å². The Bertz CT molecular complexity index is 840. The van der Waals surface area contributed by atoms with Gasteiger partial charge in [0.15, 0.2) is 0 Å². The number of methoxy groups -OCH3 is 1. The third kappa shape index (κ3) is 3.49. The summed E-state index contributed by atoms with van der Waals surface area (Å²) in [6, 6.07) is 6.43. The largest absolute Gasteiger partial charge is 0.497 e. The molecule has 2 aromatic rings. The molecule has 0 N–H and O–H groups in total. The Balaban J connectivity index is 2.05. The van der Waals surface area contributed by atoms with Gasteiger partial charge in [0.1, 0.15) is 10.6 Å². The molecule has 1 aliphatic rings. The topological polar surface area (TPSA) is 52.6 Å². The van der Waals surface area contributed by atoms with E-state index < -0.39 is 18.3 Å². The number of ketones is 1. The summed E-state index contributed by atoms with van der Waals surface area (Å²) in [7, 11) is 1.51. The quantitative estimate of drug-likeness (QED) is 0.574. The SMILES string of the molecule is CCOC(=O)c1sc(C(=O)c2ccc(OC)cc2)c2c1CCC(F)(F)C2. The van der Waals surface area contributed by atoms with Gasteiger partial charge in [-0.2, -0.15) is 0 Å². The highest BCUT2D eigenvalue weighted by atomic mass is 32.1. The Labute approximate surface area is 153 Å². The zero-order valence-electron chi connectivity index (χ0n) is 14.4. The van der Waals surface area contributed by atoms with Crippen LogP contribution in [-0.2, 0) is 17.6 Å². The Morgan fingerprint density at radius 1 is 1.15 bits per heavy atom. The number of ether oxygens (including phenoxy) is 2. The molecular formula is C19H18F2O4S. The average Bonchev–Trinajstić information content (AvgIpc) is 2.99. The first-order valence-corrected chi connectivity index (χ1v) is 9.06. The van der Waals surface area contributed by atoms with Crippen molar-refractivity contribution in [1.29, 1.82) is 0 Å². The van der Waals surface area contributed by atoms with Crippen molar-refractivity contribution in [3.63, 3.8) is 0 Å². The van der Waals surface area contributed by atoms with Crippen LogP contribution in [0.2, 0.25) is 0 Å². The lowest BCUT2D eigenvalue weighted by molar-refractivity contribution is -0.0123. The van der Waals surface area contributed by atoms with Gasteiger partial charge in [-0.3, -0.25) is 4.79 Å². The van der Waals surface area contributed by atoms with Gasteiger partial charge in [0.2, 0.25) is 5.78 Å². The second-order valence-electron chi connectivity index (χ2n) is 6.03. The minimum atomic E-state index is -2.88. The lowest BCUT2D eigenvalue weighted by atomic mass is 9.88. The number of halogens is 2. The predicted molar refractivity (Wildman–Crippen MR) is 93.7 cm³/mol. The van der Waals surface area contributed by atoms with Crippen LogP contribution in [0.1, 0.15) is 49.4 Å². The van der Waals surface area contributed by atoms with Gasteiger partial charge in [-0.05, 0) is 48.7 Å². The summed E-state index contributed by atoms with van der Waals surface area (Å²) in [4.78, 5) is 25.5. The molecule has 0 fully saturated rings. The van der Waals surface area contributed by atoms with E-state index >= 15 is 0 Å². The molecule has 1 aliphatic carbocycles. The fourth-order valence-corrected chi connectivity index (χ4v) is 4.25. The van der Waals surface area contributed by atoms with Crippen molar-refractivity contribution in [1.82, 2.24) is 0 Å². The van der Waals surface area contributed by atoms with Gasteiger partial charge in [-0.1, -0.05) is 0 Å². The Morgan fingerprint density at radius 3 is 2.46 bits per heavy atom. The minimum Gasteiger partial charge on any atom is -0.497 e. The van der Waals surface area contributed by atoms with Crippen LogP contribution >= 0.6 is 11.3 Å². The van der Waals surface area contributed by atoms with E-state index in [0.29, 0.717) is 16.9 Å². The van der Waals surface area contributed by atoms with Crippen molar-refractivity contribution < 1.29 is 27.8 Å². The van der Waals surface area contributed by atoms with Gasteiger partial charge in [0, 0.05) is 18.4 Å². The molecule has 0 amide bonds. The van der Waals surface area contributed by atoms with E-state index in [1.54, 1.807) is 31.2 Å². The molecule has 4 nitrogen and oxygen atoms in total. The fraction of sp³-hybridized carbons (Fsp3) is 0.368. The molecule has 1 heterocycles. The molecule has 0 aliphatic heterocycles. The fourth-order valence-electron chi connectivity index (χ4n) is 3.02. The van der Waals surface area contributed by atoms with E-state index in [-0.39, 0.29) is 40.5 Å². The van der Waals surface area contributed by atoms with Crippen LogP contribution in [0.25, 0.3) is 0 Å². The number of carbonyl (C=O) groups excluding carboxylic acids is 2. The third-order valence-electron chi connectivity index (χ3n) is 4.31. The highest BCUT2D eigenvalue weighted by molar-refractivity contribution is 7.16. The summed E-state index contributed by atoms with van der Waals surface area (Å²) in [5.74, 6) is -3.22. The number of fused-ring (bicyclic) bond motifs is 1. The molecule has 0 radical (unpaired) electrons. The Morgan fingerprint density at radius 2 is 1.85 bits per heavy atom. The normalized spacial score (nSPS) is 15.2. The molecule has 0 spiro atoms. The van der Waals surface area contributed by atoms with E-state index in [1.165, 1.54) is 7.11 Å². The molecular weight excluding hydrogens is 362 g/mol. The maximum Gasteiger partial charge on any atom is 0.348 e. The molecule has 1 aromatic carbocycles. The van der Waals surface area contributed by atoms with E-state index in [0.717, 1.165) is 11.3 Å². The highest BCUT2D eigenvalue weighted by Crippen LogP contribution is 2.41. The van der Waals surface area contributed by atoms with Crippen molar-refractivity contribution in [2.75, 3.05) is 13.7 Å². The zero-order chi connectivity index (χ0) is 18.9. The van der Waals surface area contributed by atoms with Gasteiger partial charge in [-0.25, -0.2) is 13.6 Å². The number of hydrogen-bond acceptors (Lipinski definition) is 5. The second kappa shape index (κ2) is 7.15. The van der Waals surface area contributed by atoms with Gasteiger partial charge in [-0.15, -0.1) is 11.3 Å². The molecule has 0 unspecified atom stereocenters. The lowest BCUT2D eigenvalue weighted by Crippen LogP contribution is -2.27. The number of alkyl halides is 2. The highest BCUT2D eigenvalue weighted by Gasteiger charge is 2.40. The molecule has 0 atom stereocenters. The standard InChI is InChI=1S/C19H18F2O4S/c1-3-25-18(23)17-13-8-9-19(20,21)10-14(13)16(26-17)15(22)11-4-6-12(24-2)7-5-11/h4-7H,3,8-10H2,1-2H3. The summed E-state index contributed by atoms with van der Waals surface area (Å²) < 4.78 is 38.0. The maximum atomic E-state index is 13.9. The van der Waals surface area contributed by atoms with Crippen LogP contribution in [-0.4, -0.2) is 31.4 Å². The number of thiophene rings is 1. The number of benzene rings is 1. The van der Waals surface area contributed by atoms with Crippen LogP contribution in [0.15, 0.2) is 24.3 Å². The summed E-state index contributed by atoms with van der Waals surface area (Å²) in [5, 5.41) is 0. The first-order chi connectivity index (χ1) is 12.4. The molecule has 0 saturated carbocycles. The zero-order valence-corrected chi connectivity index (χ0v) is 15.3. The molecule has 3 rings (SSSR count). The minimum absolute atomic E-state index is 0.0584. The molecule has 26 heavy (non-hydrogen) atoms. The first kappa shape index (κ1) is 18.5. The first-order valence-electron chi connectivity index (χ1n) is 8.24. The monoisotopic (exact) mass is 380 g/mol.